The quantitative estimate of drug-likeness (QED) is 0.603. The van der Waals surface area contributed by atoms with Crippen molar-refractivity contribution in [3.8, 4) is 0 Å². The molecule has 0 aliphatic rings. The Hall–Kier alpha value is -2.18. The van der Waals surface area contributed by atoms with E-state index in [4.69, 9.17) is 0 Å². The van der Waals surface area contributed by atoms with Gasteiger partial charge in [-0.25, -0.2) is 0 Å². The normalized spacial score (nSPS) is 10.5. The molecule has 0 fully saturated rings. The number of anilines is 1. The predicted octanol–water partition coefficient (Wildman–Crippen LogP) is 3.35. The van der Waals surface area contributed by atoms with Gasteiger partial charge in [-0.1, -0.05) is 26.7 Å². The first-order valence-corrected chi connectivity index (χ1v) is 6.16. The third kappa shape index (κ3) is 3.90. The van der Waals surface area contributed by atoms with Gasteiger partial charge in [0.15, 0.2) is 0 Å². The molecule has 1 aromatic rings. The minimum atomic E-state index is -0.641. The molecule has 0 amide bonds. The monoisotopic (exact) mass is 267 g/mol. The molecule has 1 aromatic carbocycles. The van der Waals surface area contributed by atoms with E-state index < -0.39 is 9.85 Å². The number of hydrogen-bond acceptors (Lipinski definition) is 5. The maximum absolute atomic E-state index is 10.9. The number of nitro benzene ring substituents is 2. The molecule has 0 unspecified atom stereocenters. The van der Waals surface area contributed by atoms with Crippen LogP contribution in [0.15, 0.2) is 18.2 Å². The molecular weight excluding hydrogens is 250 g/mol. The highest BCUT2D eigenvalue weighted by Crippen LogP contribution is 2.29. The number of non-ortho nitro benzene ring substituents is 1. The van der Waals surface area contributed by atoms with Gasteiger partial charge in [-0.2, -0.15) is 0 Å². The Morgan fingerprint density at radius 1 is 1.16 bits per heavy atom. The van der Waals surface area contributed by atoms with Gasteiger partial charge in [0, 0.05) is 12.6 Å². The van der Waals surface area contributed by atoms with Crippen molar-refractivity contribution < 1.29 is 9.85 Å². The third-order valence-corrected chi connectivity index (χ3v) is 3.12. The van der Waals surface area contributed by atoms with Crippen LogP contribution in [-0.4, -0.2) is 16.4 Å². The fourth-order valence-electron chi connectivity index (χ4n) is 1.77. The fourth-order valence-corrected chi connectivity index (χ4v) is 1.77. The Balaban J connectivity index is 2.94. The molecule has 0 heterocycles. The van der Waals surface area contributed by atoms with Crippen LogP contribution in [0.25, 0.3) is 0 Å². The highest BCUT2D eigenvalue weighted by molar-refractivity contribution is 5.65. The Morgan fingerprint density at radius 2 is 1.79 bits per heavy atom. The predicted molar refractivity (Wildman–Crippen MR) is 72.3 cm³/mol. The zero-order chi connectivity index (χ0) is 14.4. The maximum atomic E-state index is 10.9. The molecule has 0 spiro atoms. The minimum absolute atomic E-state index is 0.264. The van der Waals surface area contributed by atoms with Crippen LogP contribution in [0.3, 0.4) is 0 Å². The van der Waals surface area contributed by atoms with Crippen LogP contribution in [0.1, 0.15) is 26.7 Å². The van der Waals surface area contributed by atoms with Gasteiger partial charge in [0.25, 0.3) is 11.4 Å². The van der Waals surface area contributed by atoms with Crippen molar-refractivity contribution in [3.05, 3.63) is 38.4 Å². The van der Waals surface area contributed by atoms with Crippen LogP contribution in [0.2, 0.25) is 0 Å². The highest BCUT2D eigenvalue weighted by Gasteiger charge is 2.19. The lowest BCUT2D eigenvalue weighted by molar-refractivity contribution is -0.393. The zero-order valence-electron chi connectivity index (χ0n) is 11.0. The van der Waals surface area contributed by atoms with Crippen molar-refractivity contribution in [2.45, 2.75) is 26.7 Å². The van der Waals surface area contributed by atoms with E-state index in [2.05, 4.69) is 19.2 Å². The largest absolute Gasteiger partial charge is 0.379 e. The Bertz CT molecular complexity index is 472. The molecule has 104 valence electrons. The van der Waals surface area contributed by atoms with E-state index in [9.17, 15) is 20.2 Å². The minimum Gasteiger partial charge on any atom is -0.379 e. The van der Waals surface area contributed by atoms with E-state index in [1.807, 2.05) is 0 Å². The molecule has 7 heteroatoms. The number of benzene rings is 1. The lowest BCUT2D eigenvalue weighted by Gasteiger charge is -2.14. The van der Waals surface area contributed by atoms with Gasteiger partial charge in [-0.15, -0.1) is 0 Å². The summed E-state index contributed by atoms with van der Waals surface area (Å²) in [6, 6.07) is 3.64. The van der Waals surface area contributed by atoms with Gasteiger partial charge in [-0.3, -0.25) is 20.2 Å². The van der Waals surface area contributed by atoms with Crippen molar-refractivity contribution in [2.24, 2.45) is 5.92 Å². The van der Waals surface area contributed by atoms with Crippen LogP contribution >= 0.6 is 0 Å². The maximum Gasteiger partial charge on any atom is 0.299 e. The Kier molecular flexibility index (Phi) is 5.23. The zero-order valence-corrected chi connectivity index (χ0v) is 11.0. The summed E-state index contributed by atoms with van der Waals surface area (Å²) in [6.45, 7) is 4.73. The summed E-state index contributed by atoms with van der Waals surface area (Å²) in [5.41, 5.74) is -0.220. The SMILES string of the molecule is CCC(CC)CNc1ccc([N+](=O)[O-])cc1[N+](=O)[O-]. The van der Waals surface area contributed by atoms with Gasteiger partial charge in [0.2, 0.25) is 0 Å². The lowest BCUT2D eigenvalue weighted by Crippen LogP contribution is -2.13. The Labute approximate surface area is 110 Å². The number of nitrogens with one attached hydrogen (secondary N) is 1. The first-order chi connectivity index (χ1) is 8.99. The summed E-state index contributed by atoms with van der Waals surface area (Å²) in [5, 5.41) is 24.5. The second-order valence-corrected chi connectivity index (χ2v) is 4.28. The van der Waals surface area contributed by atoms with Crippen LogP contribution < -0.4 is 5.32 Å². The summed E-state index contributed by atoms with van der Waals surface area (Å²) < 4.78 is 0. The summed E-state index contributed by atoms with van der Waals surface area (Å²) in [6.07, 6.45) is 1.95. The number of hydrogen-bond donors (Lipinski definition) is 1. The molecule has 0 saturated carbocycles. The van der Waals surface area contributed by atoms with Gasteiger partial charge >= 0.3 is 0 Å². The van der Waals surface area contributed by atoms with E-state index in [1.54, 1.807) is 0 Å². The van der Waals surface area contributed by atoms with Gasteiger partial charge in [0.1, 0.15) is 5.69 Å². The molecule has 0 aromatic heterocycles. The molecule has 19 heavy (non-hydrogen) atoms. The van der Waals surface area contributed by atoms with E-state index in [1.165, 1.54) is 12.1 Å². The van der Waals surface area contributed by atoms with Crippen LogP contribution in [0, 0.1) is 26.1 Å². The topological polar surface area (TPSA) is 98.3 Å². The molecule has 0 radical (unpaired) electrons. The van der Waals surface area contributed by atoms with Crippen molar-refractivity contribution in [2.75, 3.05) is 11.9 Å². The second kappa shape index (κ2) is 6.67. The summed E-state index contributed by atoms with van der Waals surface area (Å²) in [4.78, 5) is 20.3. The molecule has 1 rings (SSSR count). The highest BCUT2D eigenvalue weighted by atomic mass is 16.6. The van der Waals surface area contributed by atoms with E-state index in [0.717, 1.165) is 18.9 Å². The summed E-state index contributed by atoms with van der Waals surface area (Å²) in [7, 11) is 0. The summed E-state index contributed by atoms with van der Waals surface area (Å²) in [5.74, 6) is 0.426. The van der Waals surface area contributed by atoms with Gasteiger partial charge in [0.05, 0.1) is 15.9 Å². The molecular formula is C12H17N3O4. The van der Waals surface area contributed by atoms with Crippen molar-refractivity contribution in [1.29, 1.82) is 0 Å². The van der Waals surface area contributed by atoms with E-state index in [0.29, 0.717) is 18.2 Å². The van der Waals surface area contributed by atoms with Gasteiger partial charge < -0.3 is 5.32 Å². The molecule has 0 aliphatic carbocycles. The first kappa shape index (κ1) is 14.9. The molecule has 0 saturated heterocycles. The lowest BCUT2D eigenvalue weighted by atomic mass is 10.0. The molecule has 7 nitrogen and oxygen atoms in total. The average molecular weight is 267 g/mol. The average Bonchev–Trinajstić information content (AvgIpc) is 2.39. The summed E-state index contributed by atoms with van der Waals surface area (Å²) >= 11 is 0. The van der Waals surface area contributed by atoms with Gasteiger partial charge in [-0.05, 0) is 12.0 Å². The smallest absolute Gasteiger partial charge is 0.299 e. The number of nitrogens with zero attached hydrogens (tertiary/aromatic N) is 2. The van der Waals surface area contributed by atoms with E-state index >= 15 is 0 Å². The van der Waals surface area contributed by atoms with Crippen molar-refractivity contribution in [1.82, 2.24) is 0 Å². The van der Waals surface area contributed by atoms with Crippen molar-refractivity contribution in [3.63, 3.8) is 0 Å². The van der Waals surface area contributed by atoms with Crippen LogP contribution in [0.4, 0.5) is 17.1 Å². The second-order valence-electron chi connectivity index (χ2n) is 4.28. The van der Waals surface area contributed by atoms with E-state index in [-0.39, 0.29) is 11.4 Å². The molecule has 0 aliphatic heterocycles. The number of nitro groups is 2. The molecule has 0 atom stereocenters. The Morgan fingerprint density at radius 3 is 2.26 bits per heavy atom. The van der Waals surface area contributed by atoms with Crippen LogP contribution in [0.5, 0.6) is 0 Å². The van der Waals surface area contributed by atoms with Crippen molar-refractivity contribution >= 4 is 17.1 Å². The molecule has 1 N–H and O–H groups in total. The fraction of sp³-hybridized carbons (Fsp3) is 0.500. The first-order valence-electron chi connectivity index (χ1n) is 6.16. The third-order valence-electron chi connectivity index (χ3n) is 3.12. The van der Waals surface area contributed by atoms with Crippen LogP contribution in [-0.2, 0) is 0 Å². The molecule has 0 bridgehead atoms. The standard InChI is InChI=1S/C12H17N3O4/c1-3-9(4-2)8-13-11-6-5-10(14(16)17)7-12(11)15(18)19/h5-7,9,13H,3-4,8H2,1-2H3. The number of rotatable bonds is 7.